The summed E-state index contributed by atoms with van der Waals surface area (Å²) in [7, 11) is 0. The van der Waals surface area contributed by atoms with Gasteiger partial charge >= 0.3 is 12.6 Å². The van der Waals surface area contributed by atoms with Gasteiger partial charge in [0.1, 0.15) is 5.75 Å². The van der Waals surface area contributed by atoms with Crippen LogP contribution in [0.5, 0.6) is 5.75 Å². The van der Waals surface area contributed by atoms with Crippen molar-refractivity contribution in [1.29, 1.82) is 0 Å². The molecule has 0 heterocycles. The van der Waals surface area contributed by atoms with Gasteiger partial charge in [0.05, 0.1) is 5.56 Å². The van der Waals surface area contributed by atoms with E-state index >= 15 is 0 Å². The van der Waals surface area contributed by atoms with E-state index in [1.54, 1.807) is 12.2 Å². The number of alkyl halides is 2. The van der Waals surface area contributed by atoms with E-state index in [2.05, 4.69) is 17.9 Å². The lowest BCUT2D eigenvalue weighted by Gasteiger charge is -2.18. The second-order valence-corrected chi connectivity index (χ2v) is 4.36. The molecule has 0 N–H and O–H groups in total. The molecule has 0 aliphatic rings. The van der Waals surface area contributed by atoms with Crippen molar-refractivity contribution in [3.05, 3.63) is 55.1 Å². The van der Waals surface area contributed by atoms with E-state index in [1.807, 2.05) is 0 Å². The molecule has 0 fully saturated rings. The maximum Gasteiger partial charge on any atom is 0.387 e. The van der Waals surface area contributed by atoms with E-state index in [0.717, 1.165) is 0 Å². The van der Waals surface area contributed by atoms with E-state index in [1.165, 1.54) is 29.2 Å². The predicted molar refractivity (Wildman–Crippen MR) is 80.3 cm³/mol. The minimum absolute atomic E-state index is 0.0734. The largest absolute Gasteiger partial charge is 0.452 e. The number of benzene rings is 1. The van der Waals surface area contributed by atoms with Gasteiger partial charge in [0, 0.05) is 13.1 Å². The van der Waals surface area contributed by atoms with Gasteiger partial charge in [-0.2, -0.15) is 8.78 Å². The van der Waals surface area contributed by atoms with E-state index in [0.29, 0.717) is 13.1 Å². The molecule has 124 valence electrons. The highest BCUT2D eigenvalue weighted by Gasteiger charge is 2.15. The van der Waals surface area contributed by atoms with Crippen LogP contribution in [0.15, 0.2) is 49.6 Å². The first-order valence-corrected chi connectivity index (χ1v) is 6.69. The maximum absolute atomic E-state index is 12.0. The molecule has 0 aliphatic carbocycles. The summed E-state index contributed by atoms with van der Waals surface area (Å²) in [4.78, 5) is 25.1. The molecule has 1 amide bonds. The standard InChI is InChI=1S/C16H17F2NO4/c1-3-9-19(10-4-2)14(20)11-22-15(21)12-5-7-13(8-6-12)23-16(17)18/h3-8,16H,1-2,9-11H2. The lowest BCUT2D eigenvalue weighted by molar-refractivity contribution is -0.133. The summed E-state index contributed by atoms with van der Waals surface area (Å²) in [5.74, 6) is -1.20. The molecule has 0 radical (unpaired) electrons. The van der Waals surface area contributed by atoms with Crippen LogP contribution in [0.2, 0.25) is 0 Å². The molecule has 0 bridgehead atoms. The van der Waals surface area contributed by atoms with Gasteiger partial charge in [0.15, 0.2) is 6.61 Å². The summed E-state index contributed by atoms with van der Waals surface area (Å²) < 4.78 is 33.1. The maximum atomic E-state index is 12.0. The fraction of sp³-hybridized carbons (Fsp3) is 0.250. The third kappa shape index (κ3) is 6.29. The normalized spacial score (nSPS) is 10.0. The molecule has 0 atom stereocenters. The number of halogens is 2. The summed E-state index contributed by atoms with van der Waals surface area (Å²) in [6.45, 7) is 4.31. The highest BCUT2D eigenvalue weighted by Crippen LogP contribution is 2.15. The Morgan fingerprint density at radius 2 is 1.70 bits per heavy atom. The Balaban J connectivity index is 2.56. The molecule has 1 rings (SSSR count). The van der Waals surface area contributed by atoms with Crippen molar-refractivity contribution in [3.63, 3.8) is 0 Å². The Morgan fingerprint density at radius 3 is 2.17 bits per heavy atom. The molecule has 7 heteroatoms. The second kappa shape index (κ2) is 9.34. The number of hydrogen-bond donors (Lipinski definition) is 0. The van der Waals surface area contributed by atoms with Gasteiger partial charge in [0.2, 0.25) is 0 Å². The fourth-order valence-corrected chi connectivity index (χ4v) is 1.66. The number of nitrogens with zero attached hydrogens (tertiary/aromatic N) is 1. The topological polar surface area (TPSA) is 55.8 Å². The van der Waals surface area contributed by atoms with Crippen molar-refractivity contribution in [2.75, 3.05) is 19.7 Å². The van der Waals surface area contributed by atoms with Crippen LogP contribution < -0.4 is 4.74 Å². The van der Waals surface area contributed by atoms with Crippen LogP contribution in [0.1, 0.15) is 10.4 Å². The number of hydrogen-bond acceptors (Lipinski definition) is 4. The van der Waals surface area contributed by atoms with Gasteiger partial charge in [-0.15, -0.1) is 13.2 Å². The first-order valence-electron chi connectivity index (χ1n) is 6.69. The average Bonchev–Trinajstić information content (AvgIpc) is 2.52. The zero-order chi connectivity index (χ0) is 17.2. The van der Waals surface area contributed by atoms with Crippen molar-refractivity contribution in [3.8, 4) is 5.75 Å². The molecule has 0 spiro atoms. The first kappa shape index (κ1) is 18.3. The van der Waals surface area contributed by atoms with Crippen molar-refractivity contribution in [2.24, 2.45) is 0 Å². The van der Waals surface area contributed by atoms with E-state index in [9.17, 15) is 18.4 Å². The summed E-state index contributed by atoms with van der Waals surface area (Å²) >= 11 is 0. The third-order valence-corrected chi connectivity index (χ3v) is 2.69. The molecule has 0 aromatic heterocycles. The monoisotopic (exact) mass is 325 g/mol. The van der Waals surface area contributed by atoms with Gasteiger partial charge in [0.25, 0.3) is 5.91 Å². The molecule has 5 nitrogen and oxygen atoms in total. The zero-order valence-electron chi connectivity index (χ0n) is 12.4. The molecule has 23 heavy (non-hydrogen) atoms. The first-order chi connectivity index (χ1) is 11.0. The van der Waals surface area contributed by atoms with Gasteiger partial charge in [-0.05, 0) is 24.3 Å². The molecule has 0 aliphatic heterocycles. The van der Waals surface area contributed by atoms with Crippen LogP contribution in [-0.4, -0.2) is 43.1 Å². The molecule has 1 aromatic rings. The molecule has 0 saturated carbocycles. The minimum atomic E-state index is -2.94. The summed E-state index contributed by atoms with van der Waals surface area (Å²) in [5.41, 5.74) is 0.124. The number of amides is 1. The minimum Gasteiger partial charge on any atom is -0.452 e. The van der Waals surface area contributed by atoms with Crippen LogP contribution in [-0.2, 0) is 9.53 Å². The van der Waals surface area contributed by atoms with Gasteiger partial charge < -0.3 is 14.4 Å². The number of carbonyl (C=O) groups excluding carboxylic acids is 2. The lowest BCUT2D eigenvalue weighted by Crippen LogP contribution is -2.35. The molecule has 0 unspecified atom stereocenters. The van der Waals surface area contributed by atoms with Crippen molar-refractivity contribution in [2.45, 2.75) is 6.61 Å². The summed E-state index contributed by atoms with van der Waals surface area (Å²) in [6.07, 6.45) is 3.09. The van der Waals surface area contributed by atoms with Crippen molar-refractivity contribution >= 4 is 11.9 Å². The van der Waals surface area contributed by atoms with Crippen molar-refractivity contribution < 1.29 is 27.8 Å². The Hall–Kier alpha value is -2.70. The Bertz CT molecular complexity index is 548. The highest BCUT2D eigenvalue weighted by atomic mass is 19.3. The average molecular weight is 325 g/mol. The van der Waals surface area contributed by atoms with Crippen molar-refractivity contribution in [1.82, 2.24) is 4.90 Å². The van der Waals surface area contributed by atoms with E-state index in [4.69, 9.17) is 4.74 Å². The SMILES string of the molecule is C=CCN(CC=C)C(=O)COC(=O)c1ccc(OC(F)F)cc1. The molecule has 0 saturated heterocycles. The second-order valence-electron chi connectivity index (χ2n) is 4.36. The van der Waals surface area contributed by atoms with Crippen LogP contribution in [0.25, 0.3) is 0 Å². The molecular formula is C16H17F2NO4. The quantitative estimate of drug-likeness (QED) is 0.517. The van der Waals surface area contributed by atoms with Crippen LogP contribution in [0.4, 0.5) is 8.78 Å². The smallest absolute Gasteiger partial charge is 0.387 e. The Labute approximate surface area is 132 Å². The molecule has 1 aromatic carbocycles. The lowest BCUT2D eigenvalue weighted by atomic mass is 10.2. The Kier molecular flexibility index (Phi) is 7.45. The van der Waals surface area contributed by atoms with Gasteiger partial charge in [-0.1, -0.05) is 12.2 Å². The number of ether oxygens (including phenoxy) is 2. The van der Waals surface area contributed by atoms with E-state index < -0.39 is 25.1 Å². The summed E-state index contributed by atoms with van der Waals surface area (Å²) in [6, 6.07) is 4.98. The Morgan fingerprint density at radius 1 is 1.13 bits per heavy atom. The third-order valence-electron chi connectivity index (χ3n) is 2.69. The van der Waals surface area contributed by atoms with Gasteiger partial charge in [-0.3, -0.25) is 4.79 Å². The number of carbonyl (C=O) groups is 2. The molecular weight excluding hydrogens is 308 g/mol. The van der Waals surface area contributed by atoms with Crippen LogP contribution >= 0.6 is 0 Å². The zero-order valence-corrected chi connectivity index (χ0v) is 12.4. The van der Waals surface area contributed by atoms with Crippen LogP contribution in [0, 0.1) is 0 Å². The fourth-order valence-electron chi connectivity index (χ4n) is 1.66. The van der Waals surface area contributed by atoms with Crippen LogP contribution in [0.3, 0.4) is 0 Å². The highest BCUT2D eigenvalue weighted by molar-refractivity contribution is 5.91. The predicted octanol–water partition coefficient (Wildman–Crippen LogP) is 2.65. The van der Waals surface area contributed by atoms with E-state index in [-0.39, 0.29) is 11.3 Å². The van der Waals surface area contributed by atoms with Gasteiger partial charge in [-0.25, -0.2) is 4.79 Å². The number of rotatable bonds is 9. The number of esters is 1. The summed E-state index contributed by atoms with van der Waals surface area (Å²) in [5, 5.41) is 0.